The van der Waals surface area contributed by atoms with E-state index in [1.54, 1.807) is 0 Å². The summed E-state index contributed by atoms with van der Waals surface area (Å²) < 4.78 is 5.89. The maximum absolute atomic E-state index is 12.9. The molecule has 0 aliphatic heterocycles. The van der Waals surface area contributed by atoms with Gasteiger partial charge in [-0.25, -0.2) is 4.79 Å². The third-order valence-electron chi connectivity index (χ3n) is 13.8. The summed E-state index contributed by atoms with van der Waals surface area (Å²) in [5.74, 6) is 2.43. The summed E-state index contributed by atoms with van der Waals surface area (Å²) in [4.78, 5) is 27.1. The first-order valence-corrected chi connectivity index (χ1v) is 19.6. The average molecular weight is 656 g/mol. The van der Waals surface area contributed by atoms with E-state index >= 15 is 0 Å². The van der Waals surface area contributed by atoms with Gasteiger partial charge in [-0.1, -0.05) is 89.5 Å². The number of carbonyl (C=O) groups is 2. The molecule has 3 fully saturated rings. The van der Waals surface area contributed by atoms with Gasteiger partial charge in [0.2, 0.25) is 5.91 Å². The molecule has 2 aromatic carbocycles. The van der Waals surface area contributed by atoms with E-state index in [0.717, 1.165) is 64.3 Å². The van der Waals surface area contributed by atoms with Crippen molar-refractivity contribution in [3.05, 3.63) is 65.2 Å². The lowest BCUT2D eigenvalue weighted by Gasteiger charge is -2.59. The van der Waals surface area contributed by atoms with Gasteiger partial charge in [-0.15, -0.1) is 0 Å². The molecule has 2 unspecified atom stereocenters. The van der Waals surface area contributed by atoms with Crippen molar-refractivity contribution >= 4 is 11.9 Å². The number of benzene rings is 2. The number of rotatable bonds is 16. The first kappa shape index (κ1) is 35.2. The number of esters is 1. The van der Waals surface area contributed by atoms with Gasteiger partial charge in [-0.2, -0.15) is 0 Å². The summed E-state index contributed by atoms with van der Waals surface area (Å²) in [5, 5.41) is 11.8. The fourth-order valence-electron chi connectivity index (χ4n) is 11.1. The van der Waals surface area contributed by atoms with Gasteiger partial charge in [-0.05, 0) is 123 Å². The molecule has 0 spiro atoms. The van der Waals surface area contributed by atoms with E-state index in [1.807, 2.05) is 48.3 Å². The van der Waals surface area contributed by atoms with Crippen LogP contribution < -0.4 is 4.74 Å². The lowest BCUT2D eigenvalue weighted by molar-refractivity contribution is -0.130. The average Bonchev–Trinajstić information content (AvgIpc) is 3.47. The minimum absolute atomic E-state index is 0.0393. The Labute approximate surface area is 290 Å². The lowest BCUT2D eigenvalue weighted by Crippen LogP contribution is -2.54. The van der Waals surface area contributed by atoms with Crippen LogP contribution in [-0.4, -0.2) is 41.1 Å². The second-order valence-corrected chi connectivity index (χ2v) is 16.3. The summed E-state index contributed by atoms with van der Waals surface area (Å²) in [6.45, 7) is 5.50. The SMILES string of the molecule is CCCCN(C)C(=O)CCCCCCCCCC[C@@H]1Cc2cc(OC(=O)c3ccccc3)ccc2C2CC[C@]3(C)C4(O)CCC3(CC4)C21. The van der Waals surface area contributed by atoms with Crippen molar-refractivity contribution in [1.29, 1.82) is 0 Å². The number of hydrogen-bond acceptors (Lipinski definition) is 4. The highest BCUT2D eigenvalue weighted by atomic mass is 16.5. The molecular formula is C43H61NO4. The van der Waals surface area contributed by atoms with Crippen LogP contribution in [0.4, 0.5) is 0 Å². The zero-order chi connectivity index (χ0) is 33.8. The summed E-state index contributed by atoms with van der Waals surface area (Å²) >= 11 is 0. The molecule has 6 rings (SSSR count). The maximum atomic E-state index is 12.9. The van der Waals surface area contributed by atoms with Gasteiger partial charge < -0.3 is 14.7 Å². The molecule has 4 atom stereocenters. The Bertz CT molecular complexity index is 1390. The molecule has 1 N–H and O–H groups in total. The highest BCUT2D eigenvalue weighted by molar-refractivity contribution is 5.91. The summed E-state index contributed by atoms with van der Waals surface area (Å²) in [5.41, 5.74) is 3.24. The molecule has 1 amide bonds. The predicted octanol–water partition coefficient (Wildman–Crippen LogP) is 10.0. The largest absolute Gasteiger partial charge is 0.423 e. The number of aliphatic hydroxyl groups is 1. The molecular weight excluding hydrogens is 594 g/mol. The minimum Gasteiger partial charge on any atom is -0.423 e. The van der Waals surface area contributed by atoms with Gasteiger partial charge >= 0.3 is 5.97 Å². The van der Waals surface area contributed by atoms with Crippen LogP contribution >= 0.6 is 0 Å². The number of amides is 1. The van der Waals surface area contributed by atoms with Gasteiger partial charge in [0.15, 0.2) is 0 Å². The quantitative estimate of drug-likeness (QED) is 0.111. The van der Waals surface area contributed by atoms with Crippen molar-refractivity contribution in [3.63, 3.8) is 0 Å². The Balaban J connectivity index is 1.05. The summed E-state index contributed by atoms with van der Waals surface area (Å²) in [6.07, 6.45) is 21.6. The molecule has 3 saturated carbocycles. The molecule has 5 nitrogen and oxygen atoms in total. The van der Waals surface area contributed by atoms with E-state index in [0.29, 0.717) is 41.4 Å². The Morgan fingerprint density at radius 3 is 2.27 bits per heavy atom. The van der Waals surface area contributed by atoms with Crippen molar-refractivity contribution in [2.75, 3.05) is 13.6 Å². The molecule has 0 heterocycles. The monoisotopic (exact) mass is 655 g/mol. The highest BCUT2D eigenvalue weighted by Crippen LogP contribution is 2.78. The second kappa shape index (κ2) is 15.1. The van der Waals surface area contributed by atoms with Crippen LogP contribution in [0.15, 0.2) is 48.5 Å². The molecule has 48 heavy (non-hydrogen) atoms. The minimum atomic E-state index is -0.476. The zero-order valence-electron chi connectivity index (χ0n) is 30.1. The fraction of sp³-hybridized carbons (Fsp3) is 0.674. The number of carbonyl (C=O) groups excluding carboxylic acids is 2. The van der Waals surface area contributed by atoms with Crippen LogP contribution in [-0.2, 0) is 11.2 Å². The first-order chi connectivity index (χ1) is 23.2. The molecule has 262 valence electrons. The van der Waals surface area contributed by atoms with Gasteiger partial charge in [0.05, 0.1) is 11.2 Å². The number of unbranched alkanes of at least 4 members (excludes halogenated alkanes) is 8. The van der Waals surface area contributed by atoms with E-state index < -0.39 is 5.60 Å². The molecule has 4 aliphatic rings. The molecule has 0 saturated heterocycles. The third-order valence-corrected chi connectivity index (χ3v) is 13.8. The number of hydrogen-bond donors (Lipinski definition) is 1. The van der Waals surface area contributed by atoms with Crippen LogP contribution in [0.3, 0.4) is 0 Å². The van der Waals surface area contributed by atoms with Crippen molar-refractivity contribution in [2.45, 2.75) is 147 Å². The molecule has 0 aromatic heterocycles. The fourth-order valence-corrected chi connectivity index (χ4v) is 11.1. The molecule has 5 heteroatoms. The second-order valence-electron chi connectivity index (χ2n) is 16.3. The van der Waals surface area contributed by atoms with E-state index in [-0.39, 0.29) is 16.8 Å². The molecule has 2 aromatic rings. The van der Waals surface area contributed by atoms with Crippen molar-refractivity contribution in [3.8, 4) is 5.75 Å². The standard InChI is InChI=1S/C43H61NO4/c1-4-5-29-44(3)38(45)20-16-11-9-7-6-8-10-13-19-33-30-34-31-35(48-40(46)32-17-14-12-15-18-32)21-22-36(34)37-23-24-41(2)42(39(33)37)25-27-43(41,47)28-26-42/h12,14-15,17-18,21-22,31,33,37,39,47H,4-11,13,16,19-20,23-30H2,1-3H3/t33-,37?,39?,41+,42?,43?/m1/s1. The maximum Gasteiger partial charge on any atom is 0.343 e. The van der Waals surface area contributed by atoms with Gasteiger partial charge in [0.25, 0.3) is 0 Å². The first-order valence-electron chi connectivity index (χ1n) is 19.6. The lowest BCUT2D eigenvalue weighted by atomic mass is 9.45. The Morgan fingerprint density at radius 1 is 0.875 bits per heavy atom. The summed E-state index contributed by atoms with van der Waals surface area (Å²) in [7, 11) is 1.94. The molecule has 4 aliphatic carbocycles. The highest BCUT2D eigenvalue weighted by Gasteiger charge is 2.74. The van der Waals surface area contributed by atoms with Crippen molar-refractivity contribution < 1.29 is 19.4 Å². The zero-order valence-corrected chi connectivity index (χ0v) is 30.1. The number of nitrogens with zero attached hydrogens (tertiary/aromatic N) is 1. The topological polar surface area (TPSA) is 66.8 Å². The number of ether oxygens (including phenoxy) is 1. The Kier molecular flexibility index (Phi) is 11.0. The van der Waals surface area contributed by atoms with E-state index in [4.69, 9.17) is 4.74 Å². The molecule has 2 bridgehead atoms. The third kappa shape index (κ3) is 6.74. The van der Waals surface area contributed by atoms with Crippen molar-refractivity contribution in [1.82, 2.24) is 4.90 Å². The Hall–Kier alpha value is -2.66. The smallest absolute Gasteiger partial charge is 0.343 e. The van der Waals surface area contributed by atoms with Gasteiger partial charge in [0.1, 0.15) is 5.75 Å². The van der Waals surface area contributed by atoms with Crippen LogP contribution in [0.1, 0.15) is 157 Å². The Morgan fingerprint density at radius 2 is 1.56 bits per heavy atom. The number of fused-ring (bicyclic) bond motifs is 3. The molecule has 0 radical (unpaired) electrons. The van der Waals surface area contributed by atoms with Crippen LogP contribution in [0.25, 0.3) is 0 Å². The van der Waals surface area contributed by atoms with Gasteiger partial charge in [0, 0.05) is 25.4 Å². The van der Waals surface area contributed by atoms with Crippen LogP contribution in [0.2, 0.25) is 0 Å². The predicted molar refractivity (Wildman–Crippen MR) is 193 cm³/mol. The summed E-state index contributed by atoms with van der Waals surface area (Å²) in [6, 6.07) is 15.7. The van der Waals surface area contributed by atoms with Crippen molar-refractivity contribution in [2.24, 2.45) is 22.7 Å². The van der Waals surface area contributed by atoms with Crippen LogP contribution in [0.5, 0.6) is 5.75 Å². The van der Waals surface area contributed by atoms with E-state index in [1.165, 1.54) is 68.9 Å². The van der Waals surface area contributed by atoms with E-state index in [2.05, 4.69) is 26.0 Å². The van der Waals surface area contributed by atoms with Gasteiger partial charge in [-0.3, -0.25) is 4.79 Å². The normalized spacial score (nSPS) is 30.0. The van der Waals surface area contributed by atoms with Crippen LogP contribution in [0, 0.1) is 22.7 Å². The van der Waals surface area contributed by atoms with E-state index in [9.17, 15) is 14.7 Å².